The SMILES string of the molecule is CC(Nc1cnn(C)c1)c1ccc2c(c1)NC(=O)CO2. The van der Waals surface area contributed by atoms with Gasteiger partial charge in [-0.2, -0.15) is 5.10 Å². The van der Waals surface area contributed by atoms with E-state index in [4.69, 9.17) is 4.74 Å². The summed E-state index contributed by atoms with van der Waals surface area (Å²) in [5, 5.41) is 10.3. The third-order valence-corrected chi connectivity index (χ3v) is 3.22. The van der Waals surface area contributed by atoms with E-state index in [2.05, 4.69) is 22.7 Å². The van der Waals surface area contributed by atoms with E-state index >= 15 is 0 Å². The van der Waals surface area contributed by atoms with E-state index in [9.17, 15) is 4.79 Å². The fourth-order valence-corrected chi connectivity index (χ4v) is 2.20. The standard InChI is InChI=1S/C14H16N4O2/c1-9(16-11-6-15-18(2)7-11)10-3-4-13-12(5-10)17-14(19)8-20-13/h3-7,9,16H,8H2,1-2H3,(H,17,19). The minimum atomic E-state index is -0.123. The molecular weight excluding hydrogens is 256 g/mol. The van der Waals surface area contributed by atoms with Gasteiger partial charge in [0.15, 0.2) is 6.61 Å². The number of carbonyl (C=O) groups excluding carboxylic acids is 1. The van der Waals surface area contributed by atoms with Crippen LogP contribution in [0.5, 0.6) is 5.75 Å². The lowest BCUT2D eigenvalue weighted by Gasteiger charge is -2.21. The number of hydrogen-bond donors (Lipinski definition) is 2. The Kier molecular flexibility index (Phi) is 3.06. The summed E-state index contributed by atoms with van der Waals surface area (Å²) in [6.07, 6.45) is 3.69. The van der Waals surface area contributed by atoms with Gasteiger partial charge in [-0.25, -0.2) is 0 Å². The molecule has 0 fully saturated rings. The van der Waals surface area contributed by atoms with Crippen molar-refractivity contribution in [2.24, 2.45) is 7.05 Å². The first kappa shape index (κ1) is 12.5. The summed E-state index contributed by atoms with van der Waals surface area (Å²) >= 11 is 0. The van der Waals surface area contributed by atoms with Crippen molar-refractivity contribution in [3.63, 3.8) is 0 Å². The zero-order valence-electron chi connectivity index (χ0n) is 11.4. The van der Waals surface area contributed by atoms with E-state index < -0.39 is 0 Å². The lowest BCUT2D eigenvalue weighted by Crippen LogP contribution is -2.25. The van der Waals surface area contributed by atoms with E-state index in [0.717, 1.165) is 16.9 Å². The molecule has 0 radical (unpaired) electrons. The van der Waals surface area contributed by atoms with E-state index in [1.807, 2.05) is 31.4 Å². The van der Waals surface area contributed by atoms with Crippen LogP contribution in [0.25, 0.3) is 0 Å². The highest BCUT2D eigenvalue weighted by molar-refractivity contribution is 5.95. The summed E-state index contributed by atoms with van der Waals surface area (Å²) in [4.78, 5) is 11.3. The third-order valence-electron chi connectivity index (χ3n) is 3.22. The summed E-state index contributed by atoms with van der Waals surface area (Å²) in [5.41, 5.74) is 2.75. The van der Waals surface area contributed by atoms with Crippen LogP contribution in [-0.4, -0.2) is 22.3 Å². The predicted octanol–water partition coefficient (Wildman–Crippen LogP) is 1.92. The number of fused-ring (bicyclic) bond motifs is 1. The zero-order valence-corrected chi connectivity index (χ0v) is 11.4. The Labute approximate surface area is 116 Å². The number of rotatable bonds is 3. The van der Waals surface area contributed by atoms with Gasteiger partial charge in [-0.3, -0.25) is 9.48 Å². The smallest absolute Gasteiger partial charge is 0.262 e. The maximum Gasteiger partial charge on any atom is 0.262 e. The van der Waals surface area contributed by atoms with Crippen molar-refractivity contribution in [1.29, 1.82) is 0 Å². The van der Waals surface area contributed by atoms with Gasteiger partial charge < -0.3 is 15.4 Å². The highest BCUT2D eigenvalue weighted by atomic mass is 16.5. The topological polar surface area (TPSA) is 68.2 Å². The van der Waals surface area contributed by atoms with Crippen molar-refractivity contribution in [2.45, 2.75) is 13.0 Å². The first-order chi connectivity index (χ1) is 9.61. The summed E-state index contributed by atoms with van der Waals surface area (Å²) in [7, 11) is 1.88. The quantitative estimate of drug-likeness (QED) is 0.895. The number of ether oxygens (including phenoxy) is 1. The molecule has 1 amide bonds. The van der Waals surface area contributed by atoms with Crippen LogP contribution < -0.4 is 15.4 Å². The van der Waals surface area contributed by atoms with Gasteiger partial charge in [-0.1, -0.05) is 6.07 Å². The van der Waals surface area contributed by atoms with Crippen molar-refractivity contribution in [2.75, 3.05) is 17.2 Å². The number of nitrogens with zero attached hydrogens (tertiary/aromatic N) is 2. The molecule has 6 nitrogen and oxygen atoms in total. The van der Waals surface area contributed by atoms with Crippen molar-refractivity contribution in [1.82, 2.24) is 9.78 Å². The Morgan fingerprint density at radius 2 is 2.35 bits per heavy atom. The minimum absolute atomic E-state index is 0.0792. The highest BCUT2D eigenvalue weighted by Crippen LogP contribution is 2.31. The summed E-state index contributed by atoms with van der Waals surface area (Å²) < 4.78 is 7.09. The molecule has 0 saturated carbocycles. The number of aryl methyl sites for hydroxylation is 1. The molecule has 0 saturated heterocycles. The van der Waals surface area contributed by atoms with Crippen LogP contribution in [-0.2, 0) is 11.8 Å². The molecule has 1 aliphatic rings. The van der Waals surface area contributed by atoms with Gasteiger partial charge in [0.2, 0.25) is 0 Å². The molecule has 1 aromatic heterocycles. The van der Waals surface area contributed by atoms with Crippen LogP contribution in [0.1, 0.15) is 18.5 Å². The van der Waals surface area contributed by atoms with Gasteiger partial charge in [0.05, 0.1) is 17.6 Å². The van der Waals surface area contributed by atoms with Gasteiger partial charge in [0, 0.05) is 19.3 Å². The zero-order chi connectivity index (χ0) is 14.1. The van der Waals surface area contributed by atoms with E-state index in [1.54, 1.807) is 10.9 Å². The molecule has 1 aromatic carbocycles. The van der Waals surface area contributed by atoms with Crippen LogP contribution in [0.4, 0.5) is 11.4 Å². The third kappa shape index (κ3) is 2.45. The fourth-order valence-electron chi connectivity index (χ4n) is 2.20. The Morgan fingerprint density at radius 3 is 3.10 bits per heavy atom. The molecule has 0 spiro atoms. The first-order valence-corrected chi connectivity index (χ1v) is 6.43. The van der Waals surface area contributed by atoms with Crippen molar-refractivity contribution in [3.8, 4) is 5.75 Å². The maximum absolute atomic E-state index is 11.3. The maximum atomic E-state index is 11.3. The Bertz CT molecular complexity index is 650. The van der Waals surface area contributed by atoms with E-state index in [-0.39, 0.29) is 18.6 Å². The van der Waals surface area contributed by atoms with Gasteiger partial charge in [0.1, 0.15) is 5.75 Å². The van der Waals surface area contributed by atoms with Gasteiger partial charge in [0.25, 0.3) is 5.91 Å². The molecule has 104 valence electrons. The number of nitrogens with one attached hydrogen (secondary N) is 2. The molecule has 20 heavy (non-hydrogen) atoms. The van der Waals surface area contributed by atoms with Crippen molar-refractivity contribution >= 4 is 17.3 Å². The minimum Gasteiger partial charge on any atom is -0.482 e. The van der Waals surface area contributed by atoms with Crippen molar-refractivity contribution < 1.29 is 9.53 Å². The molecule has 2 N–H and O–H groups in total. The molecule has 6 heteroatoms. The van der Waals surface area contributed by atoms with Gasteiger partial charge in [-0.15, -0.1) is 0 Å². The second kappa shape index (κ2) is 4.88. The van der Waals surface area contributed by atoms with Crippen LogP contribution in [0.3, 0.4) is 0 Å². The van der Waals surface area contributed by atoms with Gasteiger partial charge in [-0.05, 0) is 24.6 Å². The van der Waals surface area contributed by atoms with Crippen LogP contribution in [0.15, 0.2) is 30.6 Å². The van der Waals surface area contributed by atoms with Crippen LogP contribution in [0, 0.1) is 0 Å². The average molecular weight is 272 g/mol. The molecule has 3 rings (SSSR count). The Hall–Kier alpha value is -2.50. The number of hydrogen-bond acceptors (Lipinski definition) is 4. The average Bonchev–Trinajstić information content (AvgIpc) is 2.83. The molecule has 0 aliphatic carbocycles. The monoisotopic (exact) mass is 272 g/mol. The lowest BCUT2D eigenvalue weighted by atomic mass is 10.1. The number of amides is 1. The van der Waals surface area contributed by atoms with E-state index in [0.29, 0.717) is 5.75 Å². The normalized spacial score (nSPS) is 15.0. The van der Waals surface area contributed by atoms with E-state index in [1.165, 1.54) is 0 Å². The molecule has 1 aliphatic heterocycles. The lowest BCUT2D eigenvalue weighted by molar-refractivity contribution is -0.118. The molecule has 2 heterocycles. The number of aromatic nitrogens is 2. The highest BCUT2D eigenvalue weighted by Gasteiger charge is 2.17. The second-order valence-corrected chi connectivity index (χ2v) is 4.86. The number of benzene rings is 1. The number of anilines is 2. The summed E-state index contributed by atoms with van der Waals surface area (Å²) in [6, 6.07) is 5.90. The van der Waals surface area contributed by atoms with Crippen LogP contribution >= 0.6 is 0 Å². The van der Waals surface area contributed by atoms with Crippen molar-refractivity contribution in [3.05, 3.63) is 36.2 Å². The number of carbonyl (C=O) groups is 1. The first-order valence-electron chi connectivity index (χ1n) is 6.43. The Balaban J connectivity index is 1.79. The van der Waals surface area contributed by atoms with Crippen LogP contribution in [0.2, 0.25) is 0 Å². The van der Waals surface area contributed by atoms with Gasteiger partial charge >= 0.3 is 0 Å². The molecular formula is C14H16N4O2. The molecule has 2 aromatic rings. The fraction of sp³-hybridized carbons (Fsp3) is 0.286. The molecule has 0 bridgehead atoms. The predicted molar refractivity (Wildman–Crippen MR) is 75.8 cm³/mol. The Morgan fingerprint density at radius 1 is 1.50 bits per heavy atom. The molecule has 1 unspecified atom stereocenters. The summed E-state index contributed by atoms with van der Waals surface area (Å²) in [5.74, 6) is 0.587. The second-order valence-electron chi connectivity index (χ2n) is 4.86. The molecule has 1 atom stereocenters. The summed E-state index contributed by atoms with van der Waals surface area (Å²) in [6.45, 7) is 2.13. The largest absolute Gasteiger partial charge is 0.482 e.